The minimum Gasteiger partial charge on any atom is -0.480 e. The van der Waals surface area contributed by atoms with Crippen LogP contribution in [0.15, 0.2) is 18.3 Å². The van der Waals surface area contributed by atoms with Crippen molar-refractivity contribution in [3.05, 3.63) is 23.9 Å². The molecule has 1 aromatic heterocycles. The van der Waals surface area contributed by atoms with Gasteiger partial charge < -0.3 is 14.9 Å². The van der Waals surface area contributed by atoms with E-state index in [2.05, 4.69) is 4.98 Å². The lowest BCUT2D eigenvalue weighted by Crippen LogP contribution is -2.50. The number of hydrogen-bond donors (Lipinski definition) is 1. The van der Waals surface area contributed by atoms with E-state index in [1.165, 1.54) is 15.4 Å². The third-order valence-corrected chi connectivity index (χ3v) is 5.65. The van der Waals surface area contributed by atoms with Gasteiger partial charge in [0.2, 0.25) is 10.0 Å². The fourth-order valence-electron chi connectivity index (χ4n) is 2.96. The third kappa shape index (κ3) is 4.92. The third-order valence-electron chi connectivity index (χ3n) is 4.35. The number of aromatic nitrogens is 1. The molecule has 9 nitrogen and oxygen atoms in total. The molecule has 0 spiro atoms. The molecule has 1 aliphatic rings. The highest BCUT2D eigenvalue weighted by molar-refractivity contribution is 7.88. The highest BCUT2D eigenvalue weighted by Gasteiger charge is 2.32. The highest BCUT2D eigenvalue weighted by atomic mass is 32.2. The Balaban J connectivity index is 2.21. The molecule has 10 heteroatoms. The van der Waals surface area contributed by atoms with Crippen LogP contribution in [0.2, 0.25) is 0 Å². The lowest BCUT2D eigenvalue weighted by molar-refractivity contribution is -0.138. The van der Waals surface area contributed by atoms with Gasteiger partial charge in [-0.25, -0.2) is 17.7 Å². The van der Waals surface area contributed by atoms with Crippen molar-refractivity contribution < 1.29 is 23.1 Å². The first-order valence-electron chi connectivity index (χ1n) is 8.21. The van der Waals surface area contributed by atoms with Gasteiger partial charge in [-0.1, -0.05) is 0 Å². The van der Waals surface area contributed by atoms with E-state index >= 15 is 0 Å². The molecule has 26 heavy (non-hydrogen) atoms. The van der Waals surface area contributed by atoms with Crippen LogP contribution in [0.5, 0.6) is 0 Å². The Labute approximate surface area is 153 Å². The van der Waals surface area contributed by atoms with Crippen molar-refractivity contribution in [1.29, 1.82) is 0 Å². The Morgan fingerprint density at radius 3 is 2.42 bits per heavy atom. The molecule has 0 aromatic carbocycles. The van der Waals surface area contributed by atoms with Gasteiger partial charge in [0.05, 0.1) is 6.26 Å². The smallest absolute Gasteiger partial charge is 0.323 e. The maximum Gasteiger partial charge on any atom is 0.323 e. The van der Waals surface area contributed by atoms with E-state index in [9.17, 15) is 23.1 Å². The predicted octanol–water partition coefficient (Wildman–Crippen LogP) is 0.0984. The quantitative estimate of drug-likeness (QED) is 0.740. The lowest BCUT2D eigenvalue weighted by Gasteiger charge is -2.37. The molecule has 0 unspecified atom stereocenters. The van der Waals surface area contributed by atoms with Gasteiger partial charge in [0.15, 0.2) is 0 Å². The zero-order chi connectivity index (χ0) is 19.5. The van der Waals surface area contributed by atoms with Gasteiger partial charge in [0.25, 0.3) is 5.91 Å². The van der Waals surface area contributed by atoms with Crippen molar-refractivity contribution in [1.82, 2.24) is 14.2 Å². The van der Waals surface area contributed by atoms with Crippen LogP contribution in [0, 0.1) is 0 Å². The van der Waals surface area contributed by atoms with E-state index in [1.807, 2.05) is 0 Å². The molecule has 1 amide bonds. The molecule has 1 aliphatic heterocycles. The number of amides is 1. The van der Waals surface area contributed by atoms with Crippen LogP contribution < -0.4 is 4.90 Å². The summed E-state index contributed by atoms with van der Waals surface area (Å²) in [4.78, 5) is 31.4. The normalized spacial score (nSPS) is 16.3. The van der Waals surface area contributed by atoms with Gasteiger partial charge in [-0.2, -0.15) is 0 Å². The topological polar surface area (TPSA) is 111 Å². The summed E-state index contributed by atoms with van der Waals surface area (Å²) in [6, 6.07) is 2.84. The number of aliphatic carboxylic acids is 1. The molecule has 0 aliphatic carbocycles. The summed E-state index contributed by atoms with van der Waals surface area (Å²) in [6.45, 7) is 0.111. The van der Waals surface area contributed by atoms with Crippen molar-refractivity contribution in [2.75, 3.05) is 44.9 Å². The minimum absolute atomic E-state index is 0.270. The first-order valence-corrected chi connectivity index (χ1v) is 10.1. The second-order valence-electron chi connectivity index (χ2n) is 6.52. The number of carboxylic acid groups (broad SMARTS) is 1. The first kappa shape index (κ1) is 20.1. The van der Waals surface area contributed by atoms with Crippen LogP contribution in [0.3, 0.4) is 0 Å². The van der Waals surface area contributed by atoms with Crippen LogP contribution in [0.4, 0.5) is 5.82 Å². The molecule has 0 atom stereocenters. The Kier molecular flexibility index (Phi) is 6.19. The number of carbonyl (C=O) groups excluding carboxylic acids is 1. The second kappa shape index (κ2) is 8.00. The summed E-state index contributed by atoms with van der Waals surface area (Å²) >= 11 is 0. The first-order chi connectivity index (χ1) is 12.1. The summed E-state index contributed by atoms with van der Waals surface area (Å²) < 4.78 is 24.6. The zero-order valence-electron chi connectivity index (χ0n) is 15.1. The lowest BCUT2D eigenvalue weighted by atomic mass is 10.0. The molecule has 0 saturated carbocycles. The second-order valence-corrected chi connectivity index (χ2v) is 8.50. The fourth-order valence-corrected chi connectivity index (χ4v) is 3.83. The van der Waals surface area contributed by atoms with Crippen LogP contribution in [-0.2, 0) is 14.8 Å². The van der Waals surface area contributed by atoms with Gasteiger partial charge in [-0.15, -0.1) is 0 Å². The van der Waals surface area contributed by atoms with Crippen LogP contribution in [0.1, 0.15) is 23.2 Å². The van der Waals surface area contributed by atoms with E-state index < -0.39 is 28.4 Å². The number of carbonyl (C=O) groups is 2. The van der Waals surface area contributed by atoms with E-state index in [4.69, 9.17) is 0 Å². The number of hydrogen-bond acceptors (Lipinski definition) is 6. The van der Waals surface area contributed by atoms with E-state index in [0.29, 0.717) is 24.2 Å². The van der Waals surface area contributed by atoms with Crippen molar-refractivity contribution in [3.8, 4) is 0 Å². The number of pyridine rings is 1. The molecule has 0 radical (unpaired) electrons. The Bertz CT molecular complexity index is 773. The predicted molar refractivity (Wildman–Crippen MR) is 96.7 cm³/mol. The van der Waals surface area contributed by atoms with Gasteiger partial charge in [0.1, 0.15) is 12.4 Å². The van der Waals surface area contributed by atoms with Crippen molar-refractivity contribution in [2.24, 2.45) is 0 Å². The monoisotopic (exact) mass is 384 g/mol. The average Bonchev–Trinajstić information content (AvgIpc) is 2.58. The highest BCUT2D eigenvalue weighted by Crippen LogP contribution is 2.21. The fraction of sp³-hybridized carbons (Fsp3) is 0.562. The standard InChI is InChI=1S/C16H24N4O5S/c1-18(2)14-10-12(4-7-17-14)16(23)20(11-15(21)22)13-5-8-19(9-6-13)26(3,24)25/h4,7,10,13H,5-6,8-9,11H2,1-3H3,(H,21,22). The van der Waals surface area contributed by atoms with Crippen LogP contribution in [-0.4, -0.2) is 85.6 Å². The molecule has 1 saturated heterocycles. The SMILES string of the molecule is CN(C)c1cc(C(=O)N(CC(=O)O)C2CCN(S(C)(=O)=O)CC2)ccn1. The summed E-state index contributed by atoms with van der Waals surface area (Å²) in [6.07, 6.45) is 3.45. The molecule has 144 valence electrons. The summed E-state index contributed by atoms with van der Waals surface area (Å²) in [5.41, 5.74) is 0.357. The van der Waals surface area contributed by atoms with Gasteiger partial charge >= 0.3 is 5.97 Å². The van der Waals surface area contributed by atoms with E-state index in [-0.39, 0.29) is 19.1 Å². The summed E-state index contributed by atoms with van der Waals surface area (Å²) in [7, 11) is 0.310. The van der Waals surface area contributed by atoms with E-state index in [1.54, 1.807) is 31.1 Å². The molecule has 1 N–H and O–H groups in total. The molecular weight excluding hydrogens is 360 g/mol. The molecule has 1 fully saturated rings. The minimum atomic E-state index is -3.29. The number of rotatable bonds is 6. The van der Waals surface area contributed by atoms with Crippen molar-refractivity contribution >= 4 is 27.7 Å². The Hall–Kier alpha value is -2.20. The van der Waals surface area contributed by atoms with Crippen LogP contribution >= 0.6 is 0 Å². The van der Waals surface area contributed by atoms with E-state index in [0.717, 1.165) is 6.26 Å². The van der Waals surface area contributed by atoms with Gasteiger partial charge in [-0.05, 0) is 25.0 Å². The Morgan fingerprint density at radius 2 is 1.92 bits per heavy atom. The maximum atomic E-state index is 12.9. The summed E-state index contributed by atoms with van der Waals surface area (Å²) in [5.74, 6) is -0.903. The summed E-state index contributed by atoms with van der Waals surface area (Å²) in [5, 5.41) is 9.21. The molecular formula is C16H24N4O5S. The molecule has 2 heterocycles. The average molecular weight is 384 g/mol. The van der Waals surface area contributed by atoms with Crippen molar-refractivity contribution in [2.45, 2.75) is 18.9 Å². The maximum absolute atomic E-state index is 12.9. The number of piperidine rings is 1. The number of carboxylic acids is 1. The molecule has 0 bridgehead atoms. The van der Waals surface area contributed by atoms with Gasteiger partial charge in [0, 0.05) is 45.0 Å². The zero-order valence-corrected chi connectivity index (χ0v) is 15.9. The Morgan fingerprint density at radius 1 is 1.31 bits per heavy atom. The van der Waals surface area contributed by atoms with Crippen molar-refractivity contribution in [3.63, 3.8) is 0 Å². The number of anilines is 1. The largest absolute Gasteiger partial charge is 0.480 e. The van der Waals surface area contributed by atoms with Gasteiger partial charge in [-0.3, -0.25) is 9.59 Å². The molecule has 1 aromatic rings. The molecule has 2 rings (SSSR count). The number of sulfonamides is 1. The van der Waals surface area contributed by atoms with Crippen LogP contribution in [0.25, 0.3) is 0 Å². The number of nitrogens with zero attached hydrogens (tertiary/aromatic N) is 4.